The summed E-state index contributed by atoms with van der Waals surface area (Å²) in [6.07, 6.45) is 1.51. The fourth-order valence-electron chi connectivity index (χ4n) is 3.86. The van der Waals surface area contributed by atoms with Gasteiger partial charge in [-0.1, -0.05) is 58.9 Å². The minimum atomic E-state index is -0.747. The zero-order valence-electron chi connectivity index (χ0n) is 21.4. The van der Waals surface area contributed by atoms with Gasteiger partial charge in [0, 0.05) is 37.7 Å². The molecule has 3 rings (SSSR count). The van der Waals surface area contributed by atoms with Crippen molar-refractivity contribution in [2.45, 2.75) is 79.6 Å². The average Bonchev–Trinajstić information content (AvgIpc) is 3.47. The molecule has 1 aromatic carbocycles. The van der Waals surface area contributed by atoms with Crippen molar-refractivity contribution >= 4 is 23.5 Å². The van der Waals surface area contributed by atoms with Crippen LogP contribution in [0.3, 0.4) is 0 Å². The zero-order chi connectivity index (χ0) is 24.5. The minimum absolute atomic E-state index is 0.0622. The molecule has 2 heterocycles. The Morgan fingerprint density at radius 2 is 1.70 bits per heavy atom. The molecule has 1 aliphatic heterocycles. The number of nitrogens with zero attached hydrogens (tertiary/aromatic N) is 3. The lowest BCUT2D eigenvalue weighted by Crippen LogP contribution is -2.21. The van der Waals surface area contributed by atoms with Crippen LogP contribution >= 0.6 is 0 Å². The number of hydrogen-bond acceptors (Lipinski definition) is 5. The van der Waals surface area contributed by atoms with Crippen LogP contribution in [0.5, 0.6) is 0 Å². The fourth-order valence-corrected chi connectivity index (χ4v) is 3.86. The summed E-state index contributed by atoms with van der Waals surface area (Å²) < 4.78 is 13.8. The Morgan fingerprint density at radius 1 is 1.09 bits per heavy atom. The molecule has 1 aromatic heterocycles. The number of aliphatic imine (C=N–C) groups is 1. The zero-order valence-corrected chi connectivity index (χ0v) is 21.4. The van der Waals surface area contributed by atoms with E-state index in [4.69, 9.17) is 9.47 Å². The minimum Gasteiger partial charge on any atom is -0.452 e. The first-order chi connectivity index (χ1) is 15.4. The maximum Gasteiger partial charge on any atom is 0.309 e. The first kappa shape index (κ1) is 24.7. The molecular weight excluding hydrogens is 414 g/mol. The van der Waals surface area contributed by atoms with Gasteiger partial charge in [0.1, 0.15) is 11.7 Å². The standard InChI is InChI=1S/C27H37N3O3/c1-16(2)14-23(31)32-19(5)33-26(25-17(3)18(4)29-30(25)9)24(22-15-28-22)20-10-12-21(13-11-20)27(6,7)8/h10-13,15-16,19,22H,14H2,1-9H3/b26-24+. The highest BCUT2D eigenvalue weighted by Gasteiger charge is 2.31. The number of ether oxygens (including phenoxy) is 2. The van der Waals surface area contributed by atoms with E-state index in [0.717, 1.165) is 28.1 Å². The van der Waals surface area contributed by atoms with Crippen molar-refractivity contribution in [1.29, 1.82) is 0 Å². The second-order valence-corrected chi connectivity index (χ2v) is 10.3. The van der Waals surface area contributed by atoms with Crippen molar-refractivity contribution in [3.8, 4) is 0 Å². The molecule has 2 unspecified atom stereocenters. The summed E-state index contributed by atoms with van der Waals surface area (Å²) in [4.78, 5) is 16.7. The number of esters is 1. The summed E-state index contributed by atoms with van der Waals surface area (Å²) in [6, 6.07) is 8.48. The van der Waals surface area contributed by atoms with E-state index >= 15 is 0 Å². The van der Waals surface area contributed by atoms with Gasteiger partial charge in [-0.05, 0) is 36.3 Å². The van der Waals surface area contributed by atoms with Crippen LogP contribution in [0.1, 0.15) is 76.0 Å². The number of benzene rings is 1. The van der Waals surface area contributed by atoms with Crippen molar-refractivity contribution in [3.63, 3.8) is 0 Å². The van der Waals surface area contributed by atoms with Crippen LogP contribution in [0.2, 0.25) is 0 Å². The van der Waals surface area contributed by atoms with Gasteiger partial charge in [-0.15, -0.1) is 0 Å². The number of rotatable bonds is 8. The predicted molar refractivity (Wildman–Crippen MR) is 133 cm³/mol. The average molecular weight is 452 g/mol. The quantitative estimate of drug-likeness (QED) is 0.297. The van der Waals surface area contributed by atoms with Crippen molar-refractivity contribution in [2.75, 3.05) is 0 Å². The molecule has 6 heteroatoms. The second kappa shape index (κ2) is 9.54. The molecule has 2 aromatic rings. The molecule has 0 N–H and O–H groups in total. The van der Waals surface area contributed by atoms with Crippen molar-refractivity contribution in [1.82, 2.24) is 9.78 Å². The third kappa shape index (κ3) is 5.92. The smallest absolute Gasteiger partial charge is 0.309 e. The monoisotopic (exact) mass is 451 g/mol. The molecule has 2 atom stereocenters. The lowest BCUT2D eigenvalue weighted by Gasteiger charge is -2.23. The molecule has 0 bridgehead atoms. The summed E-state index contributed by atoms with van der Waals surface area (Å²) in [6.45, 7) is 16.3. The summed E-state index contributed by atoms with van der Waals surface area (Å²) in [5.41, 5.74) is 6.12. The van der Waals surface area contributed by atoms with E-state index < -0.39 is 6.29 Å². The number of carbonyl (C=O) groups is 1. The third-order valence-electron chi connectivity index (χ3n) is 5.79. The number of hydrogen-bond donors (Lipinski definition) is 0. The lowest BCUT2D eigenvalue weighted by atomic mass is 9.85. The van der Waals surface area contributed by atoms with Gasteiger partial charge in [-0.25, -0.2) is 0 Å². The van der Waals surface area contributed by atoms with E-state index in [9.17, 15) is 4.79 Å². The van der Waals surface area contributed by atoms with Crippen molar-refractivity contribution in [3.05, 3.63) is 52.3 Å². The van der Waals surface area contributed by atoms with Gasteiger partial charge in [0.15, 0.2) is 5.76 Å². The van der Waals surface area contributed by atoms with Crippen LogP contribution < -0.4 is 0 Å². The molecule has 6 nitrogen and oxygen atoms in total. The van der Waals surface area contributed by atoms with Gasteiger partial charge in [0.2, 0.25) is 6.29 Å². The van der Waals surface area contributed by atoms with E-state index in [1.54, 1.807) is 6.92 Å². The number of aromatic nitrogens is 2. The Kier molecular flexibility index (Phi) is 7.15. The lowest BCUT2D eigenvalue weighted by molar-refractivity contribution is -0.165. The third-order valence-corrected chi connectivity index (χ3v) is 5.79. The molecule has 1 aliphatic rings. The second-order valence-electron chi connectivity index (χ2n) is 10.3. The highest BCUT2D eigenvalue weighted by molar-refractivity contribution is 6.04. The summed E-state index contributed by atoms with van der Waals surface area (Å²) in [5.74, 6) is 0.596. The Morgan fingerprint density at radius 3 is 2.15 bits per heavy atom. The van der Waals surface area contributed by atoms with E-state index in [-0.39, 0.29) is 23.3 Å². The van der Waals surface area contributed by atoms with Gasteiger partial charge >= 0.3 is 5.97 Å². The largest absolute Gasteiger partial charge is 0.452 e. The summed E-state index contributed by atoms with van der Waals surface area (Å²) in [7, 11) is 1.90. The summed E-state index contributed by atoms with van der Waals surface area (Å²) >= 11 is 0. The Bertz CT molecular complexity index is 1060. The Balaban J connectivity index is 2.08. The molecule has 0 spiro atoms. The van der Waals surface area contributed by atoms with Crippen LogP contribution in [0.15, 0.2) is 29.3 Å². The van der Waals surface area contributed by atoms with Gasteiger partial charge in [-0.2, -0.15) is 5.10 Å². The molecule has 0 saturated carbocycles. The SMILES string of the molecule is Cc1nn(C)c(/C(OC(C)OC(=O)CC(C)C)=C(/c2ccc(C(C)(C)C)cc2)C2C=N2)c1C. The van der Waals surface area contributed by atoms with E-state index in [1.807, 2.05) is 45.6 Å². The maximum atomic E-state index is 12.3. The van der Waals surface area contributed by atoms with E-state index in [2.05, 4.69) is 55.1 Å². The summed E-state index contributed by atoms with van der Waals surface area (Å²) in [5, 5.41) is 4.60. The molecule has 0 fully saturated rings. The van der Waals surface area contributed by atoms with Crippen LogP contribution in [0.4, 0.5) is 0 Å². The van der Waals surface area contributed by atoms with Crippen LogP contribution in [-0.4, -0.2) is 34.3 Å². The molecule has 0 radical (unpaired) electrons. The molecule has 33 heavy (non-hydrogen) atoms. The topological polar surface area (TPSA) is 65.7 Å². The van der Waals surface area contributed by atoms with Gasteiger partial charge in [-0.3, -0.25) is 14.5 Å². The number of aryl methyl sites for hydroxylation is 2. The Hall–Kier alpha value is -2.89. The molecule has 178 valence electrons. The maximum absolute atomic E-state index is 12.3. The van der Waals surface area contributed by atoms with E-state index in [0.29, 0.717) is 12.2 Å². The predicted octanol–water partition coefficient (Wildman–Crippen LogP) is 5.61. The first-order valence-electron chi connectivity index (χ1n) is 11.6. The van der Waals surface area contributed by atoms with Crippen LogP contribution in [-0.2, 0) is 26.7 Å². The van der Waals surface area contributed by atoms with Crippen LogP contribution in [0, 0.1) is 19.8 Å². The Labute approximate surface area is 197 Å². The fraction of sp³-hybridized carbons (Fsp3) is 0.519. The van der Waals surface area contributed by atoms with Crippen molar-refractivity contribution in [2.24, 2.45) is 18.0 Å². The molecule has 0 amide bonds. The highest BCUT2D eigenvalue weighted by Crippen LogP contribution is 2.37. The highest BCUT2D eigenvalue weighted by atomic mass is 16.7. The van der Waals surface area contributed by atoms with Gasteiger partial charge < -0.3 is 9.47 Å². The first-order valence-corrected chi connectivity index (χ1v) is 11.6. The molecule has 0 saturated heterocycles. The normalized spacial score (nSPS) is 17.1. The van der Waals surface area contributed by atoms with Crippen molar-refractivity contribution < 1.29 is 14.3 Å². The molecule has 0 aliphatic carbocycles. The molecular formula is C27H37N3O3. The van der Waals surface area contributed by atoms with Gasteiger partial charge in [0.25, 0.3) is 0 Å². The number of carbonyl (C=O) groups excluding carboxylic acids is 1. The van der Waals surface area contributed by atoms with E-state index in [1.165, 1.54) is 5.56 Å². The van der Waals surface area contributed by atoms with Crippen LogP contribution in [0.25, 0.3) is 11.3 Å². The van der Waals surface area contributed by atoms with Gasteiger partial charge in [0.05, 0.1) is 5.69 Å².